The van der Waals surface area contributed by atoms with Crippen molar-refractivity contribution in [3.63, 3.8) is 0 Å². The van der Waals surface area contributed by atoms with Crippen molar-refractivity contribution in [3.8, 4) is 0 Å². The first-order chi connectivity index (χ1) is 6.95. The molecule has 80 valence electrons. The molecule has 1 aliphatic rings. The van der Waals surface area contributed by atoms with Crippen LogP contribution in [0, 0.1) is 0 Å². The van der Waals surface area contributed by atoms with Gasteiger partial charge >= 0.3 is 5.97 Å². The maximum Gasteiger partial charge on any atom is 0.360 e. The van der Waals surface area contributed by atoms with Crippen molar-refractivity contribution in [1.29, 1.82) is 0 Å². The Kier molecular flexibility index (Phi) is 2.11. The molecule has 15 heavy (non-hydrogen) atoms. The zero-order valence-electron chi connectivity index (χ0n) is 7.44. The van der Waals surface area contributed by atoms with Crippen LogP contribution < -0.4 is 5.32 Å². The number of fused-ring (bicyclic) bond motifs is 1. The van der Waals surface area contributed by atoms with Crippen LogP contribution in [0.3, 0.4) is 0 Å². The van der Waals surface area contributed by atoms with Gasteiger partial charge in [-0.15, -0.1) is 0 Å². The molecule has 1 aromatic rings. The molecule has 0 saturated heterocycles. The number of aliphatic carboxylic acids is 1. The minimum absolute atomic E-state index is 0.271. The quantitative estimate of drug-likeness (QED) is 0.565. The molecule has 2 unspecified atom stereocenters. The number of anilines is 1. The van der Waals surface area contributed by atoms with Crippen LogP contribution in [0.2, 0.25) is 5.02 Å². The number of nitrogens with one attached hydrogen (secondary N) is 1. The number of aliphatic hydroxyl groups excluding tert-OH is 1. The lowest BCUT2D eigenvalue weighted by Gasteiger charge is -2.21. The van der Waals surface area contributed by atoms with Gasteiger partial charge in [-0.25, -0.2) is 4.79 Å². The van der Waals surface area contributed by atoms with Gasteiger partial charge in [-0.2, -0.15) is 0 Å². The van der Waals surface area contributed by atoms with Gasteiger partial charge in [0.1, 0.15) is 6.10 Å². The van der Waals surface area contributed by atoms with E-state index >= 15 is 0 Å². The summed E-state index contributed by atoms with van der Waals surface area (Å²) in [7, 11) is 0. The van der Waals surface area contributed by atoms with Gasteiger partial charge in [0.05, 0.1) is 0 Å². The van der Waals surface area contributed by atoms with Gasteiger partial charge in [-0.3, -0.25) is 0 Å². The van der Waals surface area contributed by atoms with Crippen LogP contribution in [0.15, 0.2) is 18.2 Å². The highest BCUT2D eigenvalue weighted by Gasteiger charge is 2.50. The lowest BCUT2D eigenvalue weighted by atomic mass is 10.0. The van der Waals surface area contributed by atoms with Gasteiger partial charge in [-0.1, -0.05) is 11.6 Å². The summed E-state index contributed by atoms with van der Waals surface area (Å²) in [4.78, 5) is 10.8. The molecule has 4 N–H and O–H groups in total. The predicted octanol–water partition coefficient (Wildman–Crippen LogP) is 0.572. The van der Waals surface area contributed by atoms with E-state index in [0.717, 1.165) is 0 Å². The van der Waals surface area contributed by atoms with E-state index in [9.17, 15) is 15.0 Å². The average Bonchev–Trinajstić information content (AvgIpc) is 2.42. The van der Waals surface area contributed by atoms with Crippen LogP contribution >= 0.6 is 11.6 Å². The summed E-state index contributed by atoms with van der Waals surface area (Å²) in [5.41, 5.74) is -1.75. The van der Waals surface area contributed by atoms with Gasteiger partial charge < -0.3 is 20.6 Å². The Balaban J connectivity index is 2.50. The number of hydrogen-bond donors (Lipinski definition) is 4. The van der Waals surface area contributed by atoms with Gasteiger partial charge in [0.25, 0.3) is 5.72 Å². The lowest BCUT2D eigenvalue weighted by Crippen LogP contribution is -2.47. The molecule has 0 saturated carbocycles. The maximum absolute atomic E-state index is 10.8. The SMILES string of the molecule is O=C(O)C1(O)Nc2ccc(Cl)cc2C1O. The Bertz CT molecular complexity index is 436. The normalized spacial score (nSPS) is 28.3. The summed E-state index contributed by atoms with van der Waals surface area (Å²) in [6.07, 6.45) is -1.54. The maximum atomic E-state index is 10.8. The molecule has 0 aromatic heterocycles. The van der Waals surface area contributed by atoms with Crippen LogP contribution in [0.1, 0.15) is 11.7 Å². The first-order valence-electron chi connectivity index (χ1n) is 4.16. The van der Waals surface area contributed by atoms with E-state index in [1.54, 1.807) is 0 Å². The van der Waals surface area contributed by atoms with E-state index in [2.05, 4.69) is 5.32 Å². The van der Waals surface area contributed by atoms with Crippen LogP contribution in [-0.4, -0.2) is 27.0 Å². The van der Waals surface area contributed by atoms with Crippen LogP contribution in [0.4, 0.5) is 5.69 Å². The molecule has 1 aromatic carbocycles. The molecule has 2 rings (SSSR count). The first kappa shape index (κ1) is 10.2. The Labute approximate surface area is 89.9 Å². The van der Waals surface area contributed by atoms with E-state index in [1.807, 2.05) is 0 Å². The number of carbonyl (C=O) groups is 1. The number of carboxylic acids is 1. The number of hydrogen-bond acceptors (Lipinski definition) is 4. The van der Waals surface area contributed by atoms with Gasteiger partial charge in [0, 0.05) is 16.3 Å². The topological polar surface area (TPSA) is 89.8 Å². The highest BCUT2D eigenvalue weighted by atomic mass is 35.5. The summed E-state index contributed by atoms with van der Waals surface area (Å²) in [5, 5.41) is 30.8. The lowest BCUT2D eigenvalue weighted by molar-refractivity contribution is -0.165. The minimum atomic E-state index is -2.38. The van der Waals surface area contributed by atoms with Crippen molar-refractivity contribution in [2.75, 3.05) is 5.32 Å². The molecule has 0 radical (unpaired) electrons. The number of halogens is 1. The highest BCUT2D eigenvalue weighted by molar-refractivity contribution is 6.30. The summed E-state index contributed by atoms with van der Waals surface area (Å²) >= 11 is 5.69. The third kappa shape index (κ3) is 1.36. The molecule has 0 amide bonds. The zero-order chi connectivity index (χ0) is 11.2. The van der Waals surface area contributed by atoms with Gasteiger partial charge in [0.15, 0.2) is 0 Å². The van der Waals surface area contributed by atoms with E-state index in [1.165, 1.54) is 18.2 Å². The number of benzene rings is 1. The summed E-state index contributed by atoms with van der Waals surface area (Å²) in [6.45, 7) is 0. The molecule has 1 aliphatic heterocycles. The zero-order valence-corrected chi connectivity index (χ0v) is 8.19. The average molecular weight is 230 g/mol. The summed E-state index contributed by atoms with van der Waals surface area (Å²) in [6, 6.07) is 4.45. The standard InChI is InChI=1S/C9H8ClNO4/c10-4-1-2-6-5(3-4)7(12)9(15,11-6)8(13)14/h1-3,7,11-12,15H,(H,13,14). The second kappa shape index (κ2) is 3.10. The van der Waals surface area contributed by atoms with Crippen molar-refractivity contribution in [3.05, 3.63) is 28.8 Å². The Morgan fingerprint density at radius 2 is 2.20 bits per heavy atom. The Morgan fingerprint density at radius 3 is 2.80 bits per heavy atom. The molecule has 0 bridgehead atoms. The van der Waals surface area contributed by atoms with E-state index < -0.39 is 17.8 Å². The summed E-state index contributed by atoms with van der Waals surface area (Å²) in [5.74, 6) is -1.54. The fourth-order valence-electron chi connectivity index (χ4n) is 1.54. The van der Waals surface area contributed by atoms with Crippen molar-refractivity contribution in [1.82, 2.24) is 0 Å². The molecule has 0 fully saturated rings. The van der Waals surface area contributed by atoms with E-state index in [4.69, 9.17) is 16.7 Å². The smallest absolute Gasteiger partial charge is 0.360 e. The largest absolute Gasteiger partial charge is 0.478 e. The highest BCUT2D eigenvalue weighted by Crippen LogP contribution is 2.40. The van der Waals surface area contributed by atoms with Crippen molar-refractivity contribution in [2.45, 2.75) is 11.8 Å². The third-order valence-corrected chi connectivity index (χ3v) is 2.59. The Hall–Kier alpha value is -1.30. The van der Waals surface area contributed by atoms with Crippen LogP contribution in [0.25, 0.3) is 0 Å². The molecule has 5 nitrogen and oxygen atoms in total. The molecule has 0 spiro atoms. The van der Waals surface area contributed by atoms with Crippen molar-refractivity contribution < 1.29 is 20.1 Å². The molecular formula is C9H8ClNO4. The van der Waals surface area contributed by atoms with E-state index in [0.29, 0.717) is 10.7 Å². The van der Waals surface area contributed by atoms with Gasteiger partial charge in [-0.05, 0) is 18.2 Å². The predicted molar refractivity (Wildman–Crippen MR) is 52.6 cm³/mol. The molecule has 0 aliphatic carbocycles. The molecule has 6 heteroatoms. The van der Waals surface area contributed by atoms with Crippen molar-refractivity contribution >= 4 is 23.3 Å². The Morgan fingerprint density at radius 1 is 1.53 bits per heavy atom. The van der Waals surface area contributed by atoms with Crippen LogP contribution in [0.5, 0.6) is 0 Å². The number of aliphatic hydroxyl groups is 2. The third-order valence-electron chi connectivity index (χ3n) is 2.36. The molecule has 2 atom stereocenters. The van der Waals surface area contributed by atoms with Crippen LogP contribution in [-0.2, 0) is 4.79 Å². The molecule has 1 heterocycles. The van der Waals surface area contributed by atoms with Crippen molar-refractivity contribution in [2.24, 2.45) is 0 Å². The number of carboxylic acid groups (broad SMARTS) is 1. The van der Waals surface area contributed by atoms with Gasteiger partial charge in [0.2, 0.25) is 0 Å². The minimum Gasteiger partial charge on any atom is -0.478 e. The number of rotatable bonds is 1. The second-order valence-corrected chi connectivity index (χ2v) is 3.77. The first-order valence-corrected chi connectivity index (χ1v) is 4.54. The second-order valence-electron chi connectivity index (χ2n) is 3.33. The fourth-order valence-corrected chi connectivity index (χ4v) is 1.72. The fraction of sp³-hybridized carbons (Fsp3) is 0.222. The van der Waals surface area contributed by atoms with E-state index in [-0.39, 0.29) is 5.56 Å². The molecular weight excluding hydrogens is 222 g/mol. The monoisotopic (exact) mass is 229 g/mol. The summed E-state index contributed by atoms with van der Waals surface area (Å²) < 4.78 is 0.